The first-order chi connectivity index (χ1) is 9.66. The van der Waals surface area contributed by atoms with Crippen LogP contribution in [0.1, 0.15) is 11.3 Å². The minimum Gasteiger partial charge on any atom is -0.260 e. The van der Waals surface area contributed by atoms with Crippen molar-refractivity contribution < 1.29 is 16.8 Å². The average molecular weight is 325 g/mol. The third-order valence-corrected chi connectivity index (χ3v) is 5.19. The fourth-order valence-corrected chi connectivity index (χ4v) is 2.99. The van der Waals surface area contributed by atoms with Crippen LogP contribution in [0.3, 0.4) is 0 Å². The normalized spacial score (nSPS) is 12.3. The van der Waals surface area contributed by atoms with Gasteiger partial charge in [0.15, 0.2) is 19.7 Å². The van der Waals surface area contributed by atoms with Crippen LogP contribution in [0.2, 0.25) is 0 Å². The van der Waals surface area contributed by atoms with Crippen LogP contribution in [0, 0.1) is 0 Å². The van der Waals surface area contributed by atoms with Crippen LogP contribution in [0.4, 0.5) is 0 Å². The van der Waals surface area contributed by atoms with Crippen LogP contribution in [-0.4, -0.2) is 34.3 Å². The molecule has 1 aromatic carbocycles. The predicted molar refractivity (Wildman–Crippen MR) is 79.7 cm³/mol. The zero-order chi connectivity index (χ0) is 15.7. The van der Waals surface area contributed by atoms with Crippen molar-refractivity contribution in [1.82, 2.24) is 4.98 Å². The molecule has 0 unspecified atom stereocenters. The maximum atomic E-state index is 11.4. The second-order valence-electron chi connectivity index (χ2n) is 4.85. The van der Waals surface area contributed by atoms with E-state index >= 15 is 0 Å². The maximum Gasteiger partial charge on any atom is 0.177 e. The second kappa shape index (κ2) is 5.57. The minimum atomic E-state index is -3.24. The molecule has 21 heavy (non-hydrogen) atoms. The summed E-state index contributed by atoms with van der Waals surface area (Å²) in [5.41, 5.74) is 1.62. The fourth-order valence-electron chi connectivity index (χ4n) is 1.80. The Hall–Kier alpha value is -1.73. The summed E-state index contributed by atoms with van der Waals surface area (Å²) < 4.78 is 45.4. The number of pyridine rings is 1. The Balaban J connectivity index is 2.19. The minimum absolute atomic E-state index is 0.179. The van der Waals surface area contributed by atoms with Crippen molar-refractivity contribution in [2.24, 2.45) is 0 Å². The van der Waals surface area contributed by atoms with Crippen molar-refractivity contribution in [1.29, 1.82) is 0 Å². The van der Waals surface area contributed by atoms with Gasteiger partial charge in [-0.05, 0) is 29.8 Å². The third kappa shape index (κ3) is 4.12. The van der Waals surface area contributed by atoms with Crippen LogP contribution < -0.4 is 0 Å². The van der Waals surface area contributed by atoms with Crippen molar-refractivity contribution in [3.8, 4) is 0 Å². The van der Waals surface area contributed by atoms with Crippen LogP contribution in [-0.2, 0) is 26.1 Å². The topological polar surface area (TPSA) is 81.2 Å². The highest BCUT2D eigenvalue weighted by Gasteiger charge is 2.09. The molecular weight excluding hydrogens is 310 g/mol. The number of nitrogens with zero attached hydrogens (tertiary/aromatic N) is 1. The Bertz CT molecular complexity index is 763. The van der Waals surface area contributed by atoms with Crippen molar-refractivity contribution in [3.05, 3.63) is 53.9 Å². The quantitative estimate of drug-likeness (QED) is 0.850. The van der Waals surface area contributed by atoms with E-state index in [9.17, 15) is 16.8 Å². The molecule has 2 aromatic rings. The molecule has 0 atom stereocenters. The number of aromatic nitrogens is 1. The van der Waals surface area contributed by atoms with E-state index in [-0.39, 0.29) is 9.79 Å². The molecular formula is C14H15NO4S2. The summed E-state index contributed by atoms with van der Waals surface area (Å²) in [5.74, 6) is 0. The molecule has 0 aliphatic rings. The highest BCUT2D eigenvalue weighted by molar-refractivity contribution is 7.91. The van der Waals surface area contributed by atoms with Gasteiger partial charge in [0.2, 0.25) is 0 Å². The molecule has 7 heteroatoms. The molecule has 1 aromatic heterocycles. The van der Waals surface area contributed by atoms with Crippen molar-refractivity contribution in [2.75, 3.05) is 12.5 Å². The Morgan fingerprint density at radius 3 is 1.76 bits per heavy atom. The molecule has 0 saturated heterocycles. The predicted octanol–water partition coefficient (Wildman–Crippen LogP) is 1.48. The van der Waals surface area contributed by atoms with Crippen molar-refractivity contribution in [3.63, 3.8) is 0 Å². The summed E-state index contributed by atoms with van der Waals surface area (Å²) in [7, 11) is -6.44. The summed E-state index contributed by atoms with van der Waals surface area (Å²) in [4.78, 5) is 4.56. The standard InChI is InChI=1S/C14H15NO4S2/c1-20(16,17)13-6-3-11(4-7-13)9-12-5-8-14(10-15-12)21(2,18)19/h3-8,10H,9H2,1-2H3. The molecule has 0 N–H and O–H groups in total. The molecule has 0 aliphatic heterocycles. The molecule has 0 spiro atoms. The van der Waals surface area contributed by atoms with Gasteiger partial charge in [-0.25, -0.2) is 16.8 Å². The van der Waals surface area contributed by atoms with Crippen LogP contribution in [0.25, 0.3) is 0 Å². The van der Waals surface area contributed by atoms with Gasteiger partial charge in [0.25, 0.3) is 0 Å². The van der Waals surface area contributed by atoms with Gasteiger partial charge in [-0.1, -0.05) is 12.1 Å². The lowest BCUT2D eigenvalue weighted by atomic mass is 10.1. The van der Waals surface area contributed by atoms with E-state index in [0.717, 1.165) is 23.8 Å². The zero-order valence-corrected chi connectivity index (χ0v) is 13.3. The number of sulfone groups is 2. The number of benzene rings is 1. The highest BCUT2D eigenvalue weighted by atomic mass is 32.2. The van der Waals surface area contributed by atoms with E-state index in [1.54, 1.807) is 30.3 Å². The summed E-state index contributed by atoms with van der Waals surface area (Å²) in [6.45, 7) is 0. The van der Waals surface area contributed by atoms with Crippen molar-refractivity contribution >= 4 is 19.7 Å². The molecule has 0 saturated carbocycles. The van der Waals surface area contributed by atoms with E-state index in [1.807, 2.05) is 0 Å². The Morgan fingerprint density at radius 2 is 1.33 bits per heavy atom. The summed E-state index contributed by atoms with van der Waals surface area (Å²) >= 11 is 0. The maximum absolute atomic E-state index is 11.4. The smallest absolute Gasteiger partial charge is 0.177 e. The van der Waals surface area contributed by atoms with Crippen LogP contribution in [0.5, 0.6) is 0 Å². The lowest BCUT2D eigenvalue weighted by molar-refractivity contribution is 0.600. The average Bonchev–Trinajstić information content (AvgIpc) is 2.38. The first-order valence-electron chi connectivity index (χ1n) is 6.10. The van der Waals surface area contributed by atoms with Gasteiger partial charge in [-0.15, -0.1) is 0 Å². The molecule has 112 valence electrons. The SMILES string of the molecule is CS(=O)(=O)c1ccc(Cc2ccc(S(C)(=O)=O)cn2)cc1. The zero-order valence-electron chi connectivity index (χ0n) is 11.6. The number of rotatable bonds is 4. The van der Waals surface area contributed by atoms with Gasteiger partial charge >= 0.3 is 0 Å². The third-order valence-electron chi connectivity index (χ3n) is 2.96. The molecule has 1 heterocycles. The summed E-state index contributed by atoms with van der Waals surface area (Å²) in [6.07, 6.45) is 4.13. The van der Waals surface area contributed by atoms with Gasteiger partial charge in [0.05, 0.1) is 9.79 Å². The van der Waals surface area contributed by atoms with Crippen LogP contribution in [0.15, 0.2) is 52.4 Å². The van der Waals surface area contributed by atoms with E-state index in [2.05, 4.69) is 4.98 Å². The van der Waals surface area contributed by atoms with E-state index in [1.165, 1.54) is 12.3 Å². The molecule has 5 nitrogen and oxygen atoms in total. The molecule has 0 amide bonds. The molecule has 0 fully saturated rings. The highest BCUT2D eigenvalue weighted by Crippen LogP contribution is 2.14. The summed E-state index contributed by atoms with van der Waals surface area (Å²) in [5, 5.41) is 0. The fraction of sp³-hybridized carbons (Fsp3) is 0.214. The second-order valence-corrected chi connectivity index (χ2v) is 8.88. The van der Waals surface area contributed by atoms with Gasteiger partial charge in [0.1, 0.15) is 0 Å². The van der Waals surface area contributed by atoms with E-state index < -0.39 is 19.7 Å². The van der Waals surface area contributed by atoms with E-state index in [0.29, 0.717) is 6.42 Å². The summed E-state index contributed by atoms with van der Waals surface area (Å²) in [6, 6.07) is 9.72. The van der Waals surface area contributed by atoms with Crippen molar-refractivity contribution in [2.45, 2.75) is 16.2 Å². The Kier molecular flexibility index (Phi) is 4.15. The first-order valence-corrected chi connectivity index (χ1v) is 9.88. The van der Waals surface area contributed by atoms with E-state index in [4.69, 9.17) is 0 Å². The number of hydrogen-bond acceptors (Lipinski definition) is 5. The van der Waals surface area contributed by atoms with Gasteiger partial charge in [-0.2, -0.15) is 0 Å². The number of hydrogen-bond donors (Lipinski definition) is 0. The molecule has 0 bridgehead atoms. The largest absolute Gasteiger partial charge is 0.260 e. The Morgan fingerprint density at radius 1 is 0.810 bits per heavy atom. The van der Waals surface area contributed by atoms with Gasteiger partial charge < -0.3 is 0 Å². The molecule has 0 aliphatic carbocycles. The lowest BCUT2D eigenvalue weighted by Crippen LogP contribution is -2.00. The monoisotopic (exact) mass is 325 g/mol. The van der Waals surface area contributed by atoms with Crippen LogP contribution >= 0.6 is 0 Å². The van der Waals surface area contributed by atoms with Gasteiger partial charge in [-0.3, -0.25) is 4.98 Å². The Labute approximate surface area is 124 Å². The molecule has 0 radical (unpaired) electrons. The van der Waals surface area contributed by atoms with Gasteiger partial charge in [0, 0.05) is 30.8 Å². The lowest BCUT2D eigenvalue weighted by Gasteiger charge is -2.04. The molecule has 2 rings (SSSR count). The first kappa shape index (κ1) is 15.7.